The van der Waals surface area contributed by atoms with Crippen molar-refractivity contribution in [3.05, 3.63) is 0 Å². The van der Waals surface area contributed by atoms with Crippen LogP contribution in [0.15, 0.2) is 0 Å². The van der Waals surface area contributed by atoms with E-state index in [9.17, 15) is 0 Å². The minimum Gasteiger partial charge on any atom is -0.313 e. The Labute approximate surface area is 101 Å². The zero-order chi connectivity index (χ0) is 11.5. The first-order valence-corrected chi connectivity index (χ1v) is 7.17. The van der Waals surface area contributed by atoms with Gasteiger partial charge in [0, 0.05) is 18.1 Å². The predicted molar refractivity (Wildman–Crippen MR) is 69.7 cm³/mol. The van der Waals surface area contributed by atoms with Crippen molar-refractivity contribution in [1.29, 1.82) is 0 Å². The van der Waals surface area contributed by atoms with Gasteiger partial charge in [0.15, 0.2) is 0 Å². The third-order valence-corrected chi connectivity index (χ3v) is 4.72. The molecule has 0 aliphatic heterocycles. The number of likely N-dealkylation sites (N-methyl/N-ethyl adjacent to an activating group) is 2. The molecule has 0 saturated heterocycles. The molecule has 0 aromatic rings. The Morgan fingerprint density at radius 1 is 1.19 bits per heavy atom. The van der Waals surface area contributed by atoms with Crippen molar-refractivity contribution in [1.82, 2.24) is 10.2 Å². The minimum absolute atomic E-state index is 0.742. The van der Waals surface area contributed by atoms with Gasteiger partial charge in [0.25, 0.3) is 0 Å². The molecular weight excluding hydrogens is 196 g/mol. The second kappa shape index (κ2) is 5.50. The van der Waals surface area contributed by atoms with E-state index in [0.29, 0.717) is 0 Å². The molecule has 1 N–H and O–H groups in total. The SMILES string of the molecule is CCNC1CCC(C)CC1N(C)C1CCC1. The van der Waals surface area contributed by atoms with Crippen LogP contribution in [-0.2, 0) is 0 Å². The topological polar surface area (TPSA) is 15.3 Å². The molecule has 0 aromatic carbocycles. The summed E-state index contributed by atoms with van der Waals surface area (Å²) in [6.07, 6.45) is 8.48. The molecule has 0 spiro atoms. The van der Waals surface area contributed by atoms with E-state index in [0.717, 1.165) is 30.6 Å². The molecule has 2 heteroatoms. The molecule has 94 valence electrons. The lowest BCUT2D eigenvalue weighted by atomic mass is 9.80. The number of hydrogen-bond donors (Lipinski definition) is 1. The molecule has 2 aliphatic carbocycles. The zero-order valence-corrected chi connectivity index (χ0v) is 11.2. The van der Waals surface area contributed by atoms with Crippen molar-refractivity contribution in [3.63, 3.8) is 0 Å². The minimum atomic E-state index is 0.742. The fourth-order valence-corrected chi connectivity index (χ4v) is 3.37. The number of rotatable bonds is 4. The van der Waals surface area contributed by atoms with E-state index in [1.807, 2.05) is 0 Å². The lowest BCUT2D eigenvalue weighted by Crippen LogP contribution is -2.55. The van der Waals surface area contributed by atoms with E-state index in [2.05, 4.69) is 31.1 Å². The average Bonchev–Trinajstić information content (AvgIpc) is 2.18. The third-order valence-electron chi connectivity index (χ3n) is 4.72. The van der Waals surface area contributed by atoms with E-state index in [1.165, 1.54) is 38.5 Å². The molecule has 2 rings (SSSR count). The summed E-state index contributed by atoms with van der Waals surface area (Å²) in [5.41, 5.74) is 0. The molecule has 2 fully saturated rings. The van der Waals surface area contributed by atoms with Crippen molar-refractivity contribution in [2.75, 3.05) is 13.6 Å². The van der Waals surface area contributed by atoms with Gasteiger partial charge >= 0.3 is 0 Å². The largest absolute Gasteiger partial charge is 0.313 e. The fraction of sp³-hybridized carbons (Fsp3) is 1.00. The van der Waals surface area contributed by atoms with Gasteiger partial charge in [-0.05, 0) is 51.6 Å². The van der Waals surface area contributed by atoms with Crippen LogP contribution in [0.25, 0.3) is 0 Å². The Hall–Kier alpha value is -0.0800. The van der Waals surface area contributed by atoms with E-state index in [4.69, 9.17) is 0 Å². The molecule has 0 aromatic heterocycles. The second-order valence-electron chi connectivity index (χ2n) is 5.90. The predicted octanol–water partition coefficient (Wildman–Crippen LogP) is 2.64. The molecule has 3 unspecified atom stereocenters. The fourth-order valence-electron chi connectivity index (χ4n) is 3.37. The Bertz CT molecular complexity index is 211. The molecule has 3 atom stereocenters. The number of hydrogen-bond acceptors (Lipinski definition) is 2. The zero-order valence-electron chi connectivity index (χ0n) is 11.2. The highest BCUT2D eigenvalue weighted by molar-refractivity contribution is 4.93. The van der Waals surface area contributed by atoms with E-state index >= 15 is 0 Å². The summed E-state index contributed by atoms with van der Waals surface area (Å²) in [5, 5.41) is 3.70. The van der Waals surface area contributed by atoms with Crippen molar-refractivity contribution < 1.29 is 0 Å². The Morgan fingerprint density at radius 2 is 1.94 bits per heavy atom. The van der Waals surface area contributed by atoms with Crippen molar-refractivity contribution in [3.8, 4) is 0 Å². The second-order valence-corrected chi connectivity index (χ2v) is 5.90. The summed E-state index contributed by atoms with van der Waals surface area (Å²) in [6, 6.07) is 2.41. The monoisotopic (exact) mass is 224 g/mol. The molecule has 16 heavy (non-hydrogen) atoms. The van der Waals surface area contributed by atoms with Crippen molar-refractivity contribution in [2.24, 2.45) is 5.92 Å². The maximum atomic E-state index is 3.70. The van der Waals surface area contributed by atoms with Gasteiger partial charge in [0.1, 0.15) is 0 Å². The molecular formula is C14H28N2. The quantitative estimate of drug-likeness (QED) is 0.790. The molecule has 0 radical (unpaired) electrons. The van der Waals surface area contributed by atoms with Crippen LogP contribution in [0.5, 0.6) is 0 Å². The Kier molecular flexibility index (Phi) is 4.26. The van der Waals surface area contributed by atoms with Crippen LogP contribution in [0.2, 0.25) is 0 Å². The van der Waals surface area contributed by atoms with Crippen LogP contribution < -0.4 is 5.32 Å². The molecule has 2 nitrogen and oxygen atoms in total. The average molecular weight is 224 g/mol. The van der Waals surface area contributed by atoms with Crippen LogP contribution in [0.4, 0.5) is 0 Å². The lowest BCUT2D eigenvalue weighted by molar-refractivity contribution is 0.0539. The third kappa shape index (κ3) is 2.60. The summed E-state index contributed by atoms with van der Waals surface area (Å²) in [7, 11) is 2.36. The lowest BCUT2D eigenvalue weighted by Gasteiger charge is -2.46. The number of nitrogens with one attached hydrogen (secondary N) is 1. The van der Waals surface area contributed by atoms with Gasteiger partial charge in [-0.1, -0.05) is 20.3 Å². The molecule has 0 heterocycles. The van der Waals surface area contributed by atoms with Gasteiger partial charge in [-0.3, -0.25) is 4.90 Å². The first-order valence-electron chi connectivity index (χ1n) is 7.17. The normalized spacial score (nSPS) is 36.4. The van der Waals surface area contributed by atoms with Gasteiger partial charge in [-0.2, -0.15) is 0 Å². The maximum Gasteiger partial charge on any atom is 0.0251 e. The summed E-state index contributed by atoms with van der Waals surface area (Å²) < 4.78 is 0. The summed E-state index contributed by atoms with van der Waals surface area (Å²) in [4.78, 5) is 2.69. The van der Waals surface area contributed by atoms with Crippen LogP contribution in [-0.4, -0.2) is 36.6 Å². The van der Waals surface area contributed by atoms with Gasteiger partial charge in [-0.15, -0.1) is 0 Å². The van der Waals surface area contributed by atoms with E-state index < -0.39 is 0 Å². The van der Waals surface area contributed by atoms with Crippen LogP contribution in [0.3, 0.4) is 0 Å². The van der Waals surface area contributed by atoms with Gasteiger partial charge in [0.2, 0.25) is 0 Å². The molecule has 0 bridgehead atoms. The molecule has 2 aliphatic rings. The number of nitrogens with zero attached hydrogens (tertiary/aromatic N) is 1. The highest BCUT2D eigenvalue weighted by Gasteiger charge is 2.35. The van der Waals surface area contributed by atoms with Crippen molar-refractivity contribution in [2.45, 2.75) is 70.5 Å². The Balaban J connectivity index is 1.95. The first-order chi connectivity index (χ1) is 7.72. The molecule has 2 saturated carbocycles. The van der Waals surface area contributed by atoms with Gasteiger partial charge < -0.3 is 5.32 Å². The van der Waals surface area contributed by atoms with Crippen LogP contribution in [0.1, 0.15) is 52.4 Å². The molecule has 0 amide bonds. The summed E-state index contributed by atoms with van der Waals surface area (Å²) in [5.74, 6) is 0.919. The highest BCUT2D eigenvalue weighted by atomic mass is 15.2. The van der Waals surface area contributed by atoms with E-state index in [-0.39, 0.29) is 0 Å². The van der Waals surface area contributed by atoms with Crippen molar-refractivity contribution >= 4 is 0 Å². The summed E-state index contributed by atoms with van der Waals surface area (Å²) in [6.45, 7) is 5.77. The van der Waals surface area contributed by atoms with Crippen LogP contribution in [0, 0.1) is 5.92 Å². The van der Waals surface area contributed by atoms with Gasteiger partial charge in [0.05, 0.1) is 0 Å². The standard InChI is InChI=1S/C14H28N2/c1-4-15-13-9-8-11(2)10-14(13)16(3)12-6-5-7-12/h11-15H,4-10H2,1-3H3. The van der Waals surface area contributed by atoms with Gasteiger partial charge in [-0.25, -0.2) is 0 Å². The van der Waals surface area contributed by atoms with E-state index in [1.54, 1.807) is 0 Å². The highest BCUT2D eigenvalue weighted by Crippen LogP contribution is 2.32. The summed E-state index contributed by atoms with van der Waals surface area (Å²) >= 11 is 0. The first kappa shape index (κ1) is 12.4. The maximum absolute atomic E-state index is 3.70. The smallest absolute Gasteiger partial charge is 0.0251 e. The van der Waals surface area contributed by atoms with Crippen LogP contribution >= 0.6 is 0 Å². The Morgan fingerprint density at radius 3 is 2.50 bits per heavy atom.